The Kier molecular flexibility index (Phi) is 4.69. The van der Waals surface area contributed by atoms with E-state index in [1.807, 2.05) is 41.5 Å². The summed E-state index contributed by atoms with van der Waals surface area (Å²) in [6.45, 7) is 14.9. The predicted molar refractivity (Wildman–Crippen MR) is 90.6 cm³/mol. The van der Waals surface area contributed by atoms with Crippen LogP contribution >= 0.6 is 7.60 Å². The molecule has 0 aliphatic rings. The normalized spacial score (nSPS) is 14.3. The minimum atomic E-state index is -4.36. The molecule has 1 aromatic carbocycles. The fourth-order valence-corrected chi connectivity index (χ4v) is 2.97. The Labute approximate surface area is 133 Å². The average molecular weight is 328 g/mol. The Morgan fingerprint density at radius 2 is 1.18 bits per heavy atom. The molecule has 0 unspecified atom stereocenters. The van der Waals surface area contributed by atoms with Gasteiger partial charge in [0.2, 0.25) is 0 Å². The third kappa shape index (κ3) is 3.56. The van der Waals surface area contributed by atoms with Gasteiger partial charge in [0.25, 0.3) is 0 Å². The first-order valence-corrected chi connectivity index (χ1v) is 9.05. The van der Waals surface area contributed by atoms with Crippen molar-refractivity contribution in [1.29, 1.82) is 0 Å². The molecule has 0 spiro atoms. The van der Waals surface area contributed by atoms with Crippen molar-refractivity contribution in [3.05, 3.63) is 28.8 Å². The lowest BCUT2D eigenvalue weighted by molar-refractivity contribution is 0.336. The van der Waals surface area contributed by atoms with E-state index in [0.717, 1.165) is 5.56 Å². The highest BCUT2D eigenvalue weighted by Gasteiger charge is 2.43. The van der Waals surface area contributed by atoms with Crippen LogP contribution in [0, 0.1) is 0 Å². The van der Waals surface area contributed by atoms with Crippen molar-refractivity contribution >= 4 is 7.60 Å². The molecule has 0 saturated carbocycles. The SMILES string of the molecule is CC(C)(C)c1cc(C(C)(C)P(=O)(O)O)c(C(C)(C)C)cc1O. The van der Waals surface area contributed by atoms with E-state index in [1.165, 1.54) is 0 Å². The van der Waals surface area contributed by atoms with Gasteiger partial charge >= 0.3 is 7.60 Å². The maximum atomic E-state index is 12.0. The first-order valence-electron chi connectivity index (χ1n) is 7.43. The van der Waals surface area contributed by atoms with Gasteiger partial charge in [-0.3, -0.25) is 4.57 Å². The molecule has 1 rings (SSSR count). The predicted octanol–water partition coefficient (Wildman–Crippen LogP) is 4.40. The lowest BCUT2D eigenvalue weighted by atomic mass is 9.76. The van der Waals surface area contributed by atoms with Crippen LogP contribution in [0.1, 0.15) is 72.1 Å². The van der Waals surface area contributed by atoms with Crippen molar-refractivity contribution < 1.29 is 19.5 Å². The van der Waals surface area contributed by atoms with E-state index in [1.54, 1.807) is 26.0 Å². The Bertz CT molecular complexity index is 613. The molecule has 0 aromatic heterocycles. The Morgan fingerprint density at radius 3 is 1.50 bits per heavy atom. The van der Waals surface area contributed by atoms with Gasteiger partial charge in [0.05, 0.1) is 5.16 Å². The summed E-state index contributed by atoms with van der Waals surface area (Å²) in [6, 6.07) is 3.42. The lowest BCUT2D eigenvalue weighted by Gasteiger charge is -2.35. The molecule has 0 radical (unpaired) electrons. The number of hydrogen-bond donors (Lipinski definition) is 3. The van der Waals surface area contributed by atoms with E-state index in [4.69, 9.17) is 0 Å². The lowest BCUT2D eigenvalue weighted by Crippen LogP contribution is -2.26. The number of phenolic OH excluding ortho intramolecular Hbond substituents is 1. The second-order valence-corrected chi connectivity index (χ2v) is 10.7. The minimum Gasteiger partial charge on any atom is -0.508 e. The van der Waals surface area contributed by atoms with Crippen molar-refractivity contribution in [1.82, 2.24) is 0 Å². The van der Waals surface area contributed by atoms with Crippen LogP contribution in [0.25, 0.3) is 0 Å². The maximum Gasteiger partial charge on any atom is 0.335 e. The number of rotatable bonds is 2. The van der Waals surface area contributed by atoms with Gasteiger partial charge in [0.15, 0.2) is 0 Å². The molecule has 22 heavy (non-hydrogen) atoms. The zero-order chi connectivity index (χ0) is 17.7. The summed E-state index contributed by atoms with van der Waals surface area (Å²) in [4.78, 5) is 19.6. The van der Waals surface area contributed by atoms with Crippen LogP contribution in [0.2, 0.25) is 0 Å². The molecule has 0 aliphatic carbocycles. The van der Waals surface area contributed by atoms with Crippen molar-refractivity contribution in [3.8, 4) is 5.75 Å². The van der Waals surface area contributed by atoms with Gasteiger partial charge < -0.3 is 14.9 Å². The topological polar surface area (TPSA) is 77.8 Å². The largest absolute Gasteiger partial charge is 0.508 e. The quantitative estimate of drug-likeness (QED) is 0.703. The third-order valence-corrected chi connectivity index (χ3v) is 5.84. The monoisotopic (exact) mass is 328 g/mol. The molecule has 0 saturated heterocycles. The third-order valence-electron chi connectivity index (χ3n) is 4.14. The molecular weight excluding hydrogens is 299 g/mol. The second-order valence-electron chi connectivity index (χ2n) is 8.52. The van der Waals surface area contributed by atoms with Crippen LogP contribution in [0.5, 0.6) is 5.75 Å². The van der Waals surface area contributed by atoms with Crippen molar-refractivity contribution in [2.75, 3.05) is 0 Å². The molecule has 5 heteroatoms. The van der Waals surface area contributed by atoms with Gasteiger partial charge in [-0.1, -0.05) is 47.6 Å². The molecule has 0 aliphatic heterocycles. The molecular formula is C17H29O4P. The second kappa shape index (κ2) is 5.36. The summed E-state index contributed by atoms with van der Waals surface area (Å²) < 4.78 is 12.0. The van der Waals surface area contributed by atoms with Crippen LogP contribution in [-0.4, -0.2) is 14.9 Å². The Balaban J connectivity index is 3.85. The molecule has 0 bridgehead atoms. The number of phenols is 1. The fourth-order valence-electron chi connectivity index (χ4n) is 2.47. The van der Waals surface area contributed by atoms with Crippen molar-refractivity contribution in [3.63, 3.8) is 0 Å². The first-order chi connectivity index (χ1) is 9.49. The van der Waals surface area contributed by atoms with Crippen LogP contribution in [0.3, 0.4) is 0 Å². The molecule has 1 aromatic rings. The summed E-state index contributed by atoms with van der Waals surface area (Å²) in [5.74, 6) is 0.169. The molecule has 4 nitrogen and oxygen atoms in total. The molecule has 126 valence electrons. The number of benzene rings is 1. The minimum absolute atomic E-state index is 0.169. The zero-order valence-corrected chi connectivity index (χ0v) is 15.7. The van der Waals surface area contributed by atoms with E-state index >= 15 is 0 Å². The van der Waals surface area contributed by atoms with E-state index < -0.39 is 12.8 Å². The molecule has 3 N–H and O–H groups in total. The highest BCUT2D eigenvalue weighted by Crippen LogP contribution is 2.58. The van der Waals surface area contributed by atoms with Crippen molar-refractivity contribution in [2.24, 2.45) is 0 Å². The molecule has 0 heterocycles. The van der Waals surface area contributed by atoms with Crippen LogP contribution < -0.4 is 0 Å². The van der Waals surface area contributed by atoms with Gasteiger partial charge in [-0.05, 0) is 47.4 Å². The molecule has 0 fully saturated rings. The standard InChI is InChI=1S/C17H29O4P/c1-15(2,3)11-10-14(18)13(16(4,5)6)9-12(11)17(7,8)22(19,20)21/h9-10,18H,1-8H3,(H2,19,20,21). The summed E-state index contributed by atoms with van der Waals surface area (Å²) >= 11 is 0. The van der Waals surface area contributed by atoms with E-state index in [9.17, 15) is 19.5 Å². The number of hydrogen-bond acceptors (Lipinski definition) is 2. The Hall–Kier alpha value is -0.830. The van der Waals surface area contributed by atoms with E-state index in [-0.39, 0.29) is 16.6 Å². The summed E-state index contributed by atoms with van der Waals surface area (Å²) in [5, 5.41) is 9.07. The Morgan fingerprint density at radius 1 is 0.773 bits per heavy atom. The summed E-state index contributed by atoms with van der Waals surface area (Å²) in [6.07, 6.45) is 0. The van der Waals surface area contributed by atoms with Gasteiger partial charge in [-0.2, -0.15) is 0 Å². The maximum absolute atomic E-state index is 12.0. The van der Waals surface area contributed by atoms with Gasteiger partial charge in [0.1, 0.15) is 5.75 Å². The highest BCUT2D eigenvalue weighted by atomic mass is 31.2. The van der Waals surface area contributed by atoms with Crippen LogP contribution in [0.4, 0.5) is 0 Å². The summed E-state index contributed by atoms with van der Waals surface area (Å²) in [7, 11) is -4.36. The van der Waals surface area contributed by atoms with Crippen molar-refractivity contribution in [2.45, 2.75) is 71.4 Å². The first kappa shape index (κ1) is 19.2. The number of aromatic hydroxyl groups is 1. The van der Waals surface area contributed by atoms with Gasteiger partial charge in [-0.25, -0.2) is 0 Å². The molecule has 0 atom stereocenters. The average Bonchev–Trinajstić information content (AvgIpc) is 2.23. The zero-order valence-electron chi connectivity index (χ0n) is 14.9. The van der Waals surface area contributed by atoms with Crippen LogP contribution in [-0.2, 0) is 20.6 Å². The van der Waals surface area contributed by atoms with Crippen LogP contribution in [0.15, 0.2) is 12.1 Å². The van der Waals surface area contributed by atoms with E-state index in [2.05, 4.69) is 0 Å². The molecule has 0 amide bonds. The van der Waals surface area contributed by atoms with E-state index in [0.29, 0.717) is 11.1 Å². The van der Waals surface area contributed by atoms with Gasteiger partial charge in [-0.15, -0.1) is 0 Å². The fraction of sp³-hybridized carbons (Fsp3) is 0.647. The highest BCUT2D eigenvalue weighted by molar-refractivity contribution is 7.53. The van der Waals surface area contributed by atoms with Gasteiger partial charge in [0, 0.05) is 0 Å². The smallest absolute Gasteiger partial charge is 0.335 e. The summed E-state index contributed by atoms with van der Waals surface area (Å²) in [5.41, 5.74) is 1.38.